The molecule has 8 heteroatoms. The van der Waals surface area contributed by atoms with E-state index in [0.717, 1.165) is 18.4 Å². The number of carbonyl (C=O) groups excluding carboxylic acids is 1. The van der Waals surface area contributed by atoms with Crippen LogP contribution in [0.2, 0.25) is 0 Å². The molecule has 0 aliphatic carbocycles. The molecule has 0 fully saturated rings. The molecule has 0 radical (unpaired) electrons. The van der Waals surface area contributed by atoms with E-state index in [1.807, 2.05) is 12.1 Å². The van der Waals surface area contributed by atoms with Crippen molar-refractivity contribution >= 4 is 24.0 Å². The molecule has 2 rings (SSSR count). The zero-order valence-corrected chi connectivity index (χ0v) is 13.9. The van der Waals surface area contributed by atoms with E-state index in [0.29, 0.717) is 30.5 Å². The Morgan fingerprint density at radius 3 is 2.70 bits per heavy atom. The minimum Gasteiger partial charge on any atom is -0.372 e. The fourth-order valence-electron chi connectivity index (χ4n) is 1.83. The number of anilines is 1. The molecule has 0 atom stereocenters. The average Bonchev–Trinajstić information content (AvgIpc) is 3.01. The second kappa shape index (κ2) is 9.94. The molecule has 0 spiro atoms. The Kier molecular flexibility index (Phi) is 8.25. The molecule has 1 amide bonds. The summed E-state index contributed by atoms with van der Waals surface area (Å²) in [6.07, 6.45) is 2.01. The first kappa shape index (κ1) is 19.1. The van der Waals surface area contributed by atoms with E-state index in [1.54, 1.807) is 12.1 Å². The van der Waals surface area contributed by atoms with Crippen molar-refractivity contribution in [3.8, 4) is 11.4 Å². The van der Waals surface area contributed by atoms with E-state index in [9.17, 15) is 4.79 Å². The lowest BCUT2D eigenvalue weighted by atomic mass is 10.2. The number of amides is 1. The van der Waals surface area contributed by atoms with Crippen LogP contribution in [0.15, 0.2) is 24.3 Å². The second-order valence-corrected chi connectivity index (χ2v) is 4.84. The Labute approximate surface area is 141 Å². The summed E-state index contributed by atoms with van der Waals surface area (Å²) in [7, 11) is 0. The third kappa shape index (κ3) is 5.97. The fraction of sp³-hybridized carbons (Fsp3) is 0.400. The number of nitrogens with one attached hydrogen (secondary N) is 2. The molecule has 0 aliphatic rings. The number of aromatic amines is 1. The first-order chi connectivity index (χ1) is 10.7. The highest BCUT2D eigenvalue weighted by Gasteiger charge is 2.06. The summed E-state index contributed by atoms with van der Waals surface area (Å²) in [5, 5.41) is 9.63. The lowest BCUT2D eigenvalue weighted by Crippen LogP contribution is -2.18. The Morgan fingerprint density at radius 2 is 2.09 bits per heavy atom. The maximum Gasteiger partial charge on any atom is 0.250 e. The number of halogens is 1. The molecule has 7 nitrogen and oxygen atoms in total. The molecule has 2 aromatic rings. The van der Waals surface area contributed by atoms with Gasteiger partial charge in [0.1, 0.15) is 12.4 Å². The summed E-state index contributed by atoms with van der Waals surface area (Å²) in [5.41, 5.74) is 7.05. The SMILES string of the molecule is CCCCOCC(=O)Nc1ccc(-c2n[nH]c(CN)n2)cc1.Cl. The largest absolute Gasteiger partial charge is 0.372 e. The molecular weight excluding hydrogens is 318 g/mol. The lowest BCUT2D eigenvalue weighted by molar-refractivity contribution is -0.120. The Bertz CT molecular complexity index is 600. The second-order valence-electron chi connectivity index (χ2n) is 4.84. The van der Waals surface area contributed by atoms with E-state index < -0.39 is 0 Å². The summed E-state index contributed by atoms with van der Waals surface area (Å²) in [5.74, 6) is 1.06. The minimum absolute atomic E-state index is 0. The maximum atomic E-state index is 11.7. The standard InChI is InChI=1S/C15H21N5O2.ClH/c1-2-3-8-22-10-14(21)17-12-6-4-11(5-7-12)15-18-13(9-16)19-20-15;/h4-7H,2-3,8-10,16H2,1H3,(H,17,21)(H,18,19,20);1H. The van der Waals surface area contributed by atoms with Gasteiger partial charge in [-0.25, -0.2) is 4.98 Å². The average molecular weight is 340 g/mol. The summed E-state index contributed by atoms with van der Waals surface area (Å²) < 4.78 is 5.27. The quantitative estimate of drug-likeness (QED) is 0.639. The highest BCUT2D eigenvalue weighted by atomic mass is 35.5. The molecule has 1 heterocycles. The Balaban J connectivity index is 0.00000264. The van der Waals surface area contributed by atoms with E-state index in [1.165, 1.54) is 0 Å². The van der Waals surface area contributed by atoms with Gasteiger partial charge < -0.3 is 15.8 Å². The van der Waals surface area contributed by atoms with Crippen molar-refractivity contribution in [2.24, 2.45) is 5.73 Å². The zero-order chi connectivity index (χ0) is 15.8. The van der Waals surface area contributed by atoms with Crippen LogP contribution in [0.3, 0.4) is 0 Å². The molecule has 0 unspecified atom stereocenters. The number of rotatable bonds is 8. The normalized spacial score (nSPS) is 10.2. The molecule has 4 N–H and O–H groups in total. The number of H-pyrrole nitrogens is 1. The number of ether oxygens (including phenoxy) is 1. The van der Waals surface area contributed by atoms with Crippen LogP contribution in [0.4, 0.5) is 5.69 Å². The zero-order valence-electron chi connectivity index (χ0n) is 13.0. The number of aromatic nitrogens is 3. The van der Waals surface area contributed by atoms with E-state index >= 15 is 0 Å². The van der Waals surface area contributed by atoms with Crippen molar-refractivity contribution in [3.05, 3.63) is 30.1 Å². The highest BCUT2D eigenvalue weighted by Crippen LogP contribution is 2.17. The van der Waals surface area contributed by atoms with Gasteiger partial charge in [-0.15, -0.1) is 12.4 Å². The number of hydrogen-bond acceptors (Lipinski definition) is 5. The van der Waals surface area contributed by atoms with Gasteiger partial charge in [0, 0.05) is 17.9 Å². The number of unbranched alkanes of at least 4 members (excludes halogenated alkanes) is 1. The van der Waals surface area contributed by atoms with Crippen molar-refractivity contribution in [1.29, 1.82) is 0 Å². The van der Waals surface area contributed by atoms with Crippen LogP contribution in [0.25, 0.3) is 11.4 Å². The lowest BCUT2D eigenvalue weighted by Gasteiger charge is -2.06. The number of nitrogens with zero attached hydrogens (tertiary/aromatic N) is 2. The van der Waals surface area contributed by atoms with Gasteiger partial charge in [-0.1, -0.05) is 13.3 Å². The van der Waals surface area contributed by atoms with E-state index in [2.05, 4.69) is 27.4 Å². The molecule has 23 heavy (non-hydrogen) atoms. The van der Waals surface area contributed by atoms with Gasteiger partial charge in [0.25, 0.3) is 0 Å². The summed E-state index contributed by atoms with van der Waals surface area (Å²) >= 11 is 0. The predicted octanol–water partition coefficient (Wildman–Crippen LogP) is 2.11. The van der Waals surface area contributed by atoms with Crippen molar-refractivity contribution < 1.29 is 9.53 Å². The van der Waals surface area contributed by atoms with Gasteiger partial charge in [0.15, 0.2) is 5.82 Å². The highest BCUT2D eigenvalue weighted by molar-refractivity contribution is 5.91. The topological polar surface area (TPSA) is 106 Å². The summed E-state index contributed by atoms with van der Waals surface area (Å²) in [6, 6.07) is 7.30. The van der Waals surface area contributed by atoms with E-state index in [4.69, 9.17) is 10.5 Å². The van der Waals surface area contributed by atoms with Crippen LogP contribution in [-0.2, 0) is 16.1 Å². The van der Waals surface area contributed by atoms with Crippen LogP contribution < -0.4 is 11.1 Å². The monoisotopic (exact) mass is 339 g/mol. The van der Waals surface area contributed by atoms with Gasteiger partial charge in [-0.3, -0.25) is 9.89 Å². The van der Waals surface area contributed by atoms with Crippen LogP contribution in [0, 0.1) is 0 Å². The van der Waals surface area contributed by atoms with Gasteiger partial charge in [-0.2, -0.15) is 5.10 Å². The number of hydrogen-bond donors (Lipinski definition) is 3. The van der Waals surface area contributed by atoms with Crippen molar-refractivity contribution in [2.75, 3.05) is 18.5 Å². The third-order valence-electron chi connectivity index (χ3n) is 3.03. The van der Waals surface area contributed by atoms with Crippen LogP contribution in [0.5, 0.6) is 0 Å². The van der Waals surface area contributed by atoms with Crippen LogP contribution >= 0.6 is 12.4 Å². The third-order valence-corrected chi connectivity index (χ3v) is 3.03. The first-order valence-electron chi connectivity index (χ1n) is 7.32. The van der Waals surface area contributed by atoms with Crippen molar-refractivity contribution in [3.63, 3.8) is 0 Å². The van der Waals surface area contributed by atoms with Crippen molar-refractivity contribution in [2.45, 2.75) is 26.3 Å². The van der Waals surface area contributed by atoms with Crippen LogP contribution in [-0.4, -0.2) is 34.3 Å². The number of benzene rings is 1. The first-order valence-corrected chi connectivity index (χ1v) is 7.32. The Hall–Kier alpha value is -1.96. The van der Waals surface area contributed by atoms with Gasteiger partial charge in [-0.05, 0) is 30.7 Å². The molecular formula is C15H22ClN5O2. The van der Waals surface area contributed by atoms with E-state index in [-0.39, 0.29) is 24.9 Å². The van der Waals surface area contributed by atoms with Gasteiger partial charge >= 0.3 is 0 Å². The number of nitrogens with two attached hydrogens (primary N) is 1. The molecule has 0 saturated carbocycles. The Morgan fingerprint density at radius 1 is 1.35 bits per heavy atom. The maximum absolute atomic E-state index is 11.7. The van der Waals surface area contributed by atoms with Crippen LogP contribution in [0.1, 0.15) is 25.6 Å². The molecule has 1 aromatic heterocycles. The van der Waals surface area contributed by atoms with Crippen molar-refractivity contribution in [1.82, 2.24) is 15.2 Å². The molecule has 0 bridgehead atoms. The number of carbonyl (C=O) groups is 1. The van der Waals surface area contributed by atoms with Gasteiger partial charge in [0.05, 0.1) is 6.54 Å². The summed E-state index contributed by atoms with van der Waals surface area (Å²) in [4.78, 5) is 15.9. The molecule has 0 aliphatic heterocycles. The fourth-order valence-corrected chi connectivity index (χ4v) is 1.83. The summed E-state index contributed by atoms with van der Waals surface area (Å²) in [6.45, 7) is 3.08. The molecule has 1 aromatic carbocycles. The minimum atomic E-state index is -0.160. The predicted molar refractivity (Wildman–Crippen MR) is 91.3 cm³/mol. The molecule has 0 saturated heterocycles. The smallest absolute Gasteiger partial charge is 0.250 e. The molecule has 126 valence electrons. The van der Waals surface area contributed by atoms with Gasteiger partial charge in [0.2, 0.25) is 5.91 Å².